The molecule has 8 heteroatoms. The van der Waals surface area contributed by atoms with Gasteiger partial charge in [-0.3, -0.25) is 14.4 Å². The summed E-state index contributed by atoms with van der Waals surface area (Å²) >= 11 is 0. The van der Waals surface area contributed by atoms with E-state index >= 15 is 0 Å². The van der Waals surface area contributed by atoms with E-state index in [4.69, 9.17) is 9.47 Å². The third-order valence-corrected chi connectivity index (χ3v) is 9.18. The quantitative estimate of drug-likeness (QED) is 0.405. The number of carbonyl (C=O) groups is 3. The summed E-state index contributed by atoms with van der Waals surface area (Å²) < 4.78 is 11.7. The van der Waals surface area contributed by atoms with Gasteiger partial charge in [-0.2, -0.15) is 0 Å². The molecule has 0 aromatic rings. The summed E-state index contributed by atoms with van der Waals surface area (Å²) in [4.78, 5) is 39.5. The number of esters is 2. The van der Waals surface area contributed by atoms with Crippen molar-refractivity contribution in [3.05, 3.63) is 23.3 Å². The highest BCUT2D eigenvalue weighted by Gasteiger charge is 2.83. The molecule has 0 aromatic carbocycles. The number of ketones is 1. The van der Waals surface area contributed by atoms with E-state index in [1.165, 1.54) is 13.0 Å². The van der Waals surface area contributed by atoms with Gasteiger partial charge in [-0.05, 0) is 51.2 Å². The van der Waals surface area contributed by atoms with Crippen LogP contribution in [0.25, 0.3) is 0 Å². The number of allylic oxidation sites excluding steroid dienone is 1. The van der Waals surface area contributed by atoms with E-state index in [0.717, 1.165) is 0 Å². The molecule has 2 saturated carbocycles. The second-order valence-corrected chi connectivity index (χ2v) is 12.6. The smallest absolute Gasteiger partial charge is 0.311 e. The van der Waals surface area contributed by atoms with Crippen LogP contribution in [0.2, 0.25) is 0 Å². The van der Waals surface area contributed by atoms with Crippen molar-refractivity contribution in [2.75, 3.05) is 6.61 Å². The van der Waals surface area contributed by atoms with Crippen molar-refractivity contribution in [1.29, 1.82) is 0 Å². The van der Waals surface area contributed by atoms with E-state index in [0.29, 0.717) is 5.57 Å². The minimum absolute atomic E-state index is 0.0844. The number of Topliss-reactive ketones (excluding diaryl/α,β-unsaturated/α-hetero) is 1. The van der Waals surface area contributed by atoms with Gasteiger partial charge >= 0.3 is 11.9 Å². The van der Waals surface area contributed by atoms with E-state index in [-0.39, 0.29) is 17.8 Å². The van der Waals surface area contributed by atoms with Crippen LogP contribution >= 0.6 is 0 Å². The van der Waals surface area contributed by atoms with Gasteiger partial charge in [-0.1, -0.05) is 32.9 Å². The van der Waals surface area contributed by atoms with Gasteiger partial charge in [0.05, 0.1) is 17.4 Å². The molecule has 0 amide bonds. The molecule has 3 N–H and O–H groups in total. The van der Waals surface area contributed by atoms with Crippen LogP contribution in [0.15, 0.2) is 23.3 Å². The molecule has 0 unspecified atom stereocenters. The van der Waals surface area contributed by atoms with Crippen molar-refractivity contribution >= 4 is 17.7 Å². The molecule has 0 heterocycles. The summed E-state index contributed by atoms with van der Waals surface area (Å²) in [5, 5.41) is 34.2. The SMILES string of the molecule is CC(=O)O[C@@]12C[C@@H](C)[C@]34C=C(C)[C@H](OC(=O)C(C)(C)C)[C@@]3(O)[C@H](O)C(CO)=C[C@H](C4=O)[C@@H]1C2(C)C. The minimum Gasteiger partial charge on any atom is -0.458 e. The lowest BCUT2D eigenvalue weighted by Crippen LogP contribution is -2.66. The topological polar surface area (TPSA) is 130 Å². The Bertz CT molecular complexity index is 1050. The first-order chi connectivity index (χ1) is 15.9. The molecule has 2 fully saturated rings. The Balaban J connectivity index is 1.95. The van der Waals surface area contributed by atoms with Crippen LogP contribution in [0.5, 0.6) is 0 Å². The van der Waals surface area contributed by atoms with Gasteiger partial charge in [0, 0.05) is 24.2 Å². The van der Waals surface area contributed by atoms with Crippen molar-refractivity contribution in [1.82, 2.24) is 0 Å². The summed E-state index contributed by atoms with van der Waals surface area (Å²) in [6.07, 6.45) is 0.513. The molecule has 0 radical (unpaired) electrons. The third kappa shape index (κ3) is 3.05. The Morgan fingerprint density at radius 2 is 1.83 bits per heavy atom. The van der Waals surface area contributed by atoms with Gasteiger partial charge < -0.3 is 24.8 Å². The van der Waals surface area contributed by atoms with Crippen molar-refractivity contribution in [3.63, 3.8) is 0 Å². The number of carbonyl (C=O) groups excluding carboxylic acids is 3. The molecule has 2 bridgehead atoms. The normalized spacial score (nSPS) is 43.6. The molecule has 1 spiro atoms. The maximum atomic E-state index is 14.5. The molecule has 35 heavy (non-hydrogen) atoms. The number of hydrogen-bond acceptors (Lipinski definition) is 8. The second kappa shape index (κ2) is 7.49. The zero-order valence-corrected chi connectivity index (χ0v) is 21.8. The predicted octanol–water partition coefficient (Wildman–Crippen LogP) is 2.10. The summed E-state index contributed by atoms with van der Waals surface area (Å²) in [5.74, 6) is -3.16. The Labute approximate surface area is 206 Å². The number of ether oxygens (including phenoxy) is 2. The number of rotatable bonds is 3. The van der Waals surface area contributed by atoms with E-state index in [9.17, 15) is 29.7 Å². The van der Waals surface area contributed by atoms with Gasteiger partial charge in [0.2, 0.25) is 0 Å². The first-order valence-corrected chi connectivity index (χ1v) is 12.3. The number of aliphatic hydroxyl groups is 3. The van der Waals surface area contributed by atoms with Crippen LogP contribution in [-0.4, -0.2) is 63.1 Å². The minimum atomic E-state index is -2.24. The molecule has 4 rings (SSSR count). The van der Waals surface area contributed by atoms with E-state index in [1.54, 1.807) is 40.7 Å². The first kappa shape index (κ1) is 26.0. The zero-order valence-electron chi connectivity index (χ0n) is 21.8. The third-order valence-electron chi connectivity index (χ3n) is 9.18. The highest BCUT2D eigenvalue weighted by atomic mass is 16.6. The zero-order chi connectivity index (χ0) is 26.5. The lowest BCUT2D eigenvalue weighted by molar-refractivity contribution is -0.208. The summed E-state index contributed by atoms with van der Waals surface area (Å²) in [5.41, 5.74) is -5.67. The van der Waals surface area contributed by atoms with Gasteiger partial charge in [0.25, 0.3) is 0 Å². The maximum absolute atomic E-state index is 14.5. The molecule has 4 aliphatic rings. The van der Waals surface area contributed by atoms with Gasteiger partial charge in [-0.15, -0.1) is 0 Å². The number of aliphatic hydroxyl groups excluding tert-OH is 2. The highest BCUT2D eigenvalue weighted by Crippen LogP contribution is 2.75. The van der Waals surface area contributed by atoms with Crippen molar-refractivity contribution in [2.24, 2.45) is 34.0 Å². The van der Waals surface area contributed by atoms with Crippen molar-refractivity contribution in [3.8, 4) is 0 Å². The molecule has 8 nitrogen and oxygen atoms in total. The van der Waals surface area contributed by atoms with Crippen LogP contribution in [0.1, 0.15) is 61.8 Å². The lowest BCUT2D eigenvalue weighted by Gasteiger charge is -2.49. The van der Waals surface area contributed by atoms with Crippen LogP contribution in [0, 0.1) is 34.0 Å². The summed E-state index contributed by atoms with van der Waals surface area (Å²) in [6.45, 7) is 13.2. The molecule has 0 saturated heterocycles. The molecule has 4 aliphatic carbocycles. The monoisotopic (exact) mass is 490 g/mol. The Morgan fingerprint density at radius 1 is 1.23 bits per heavy atom. The average Bonchev–Trinajstić information content (AvgIpc) is 3.12. The van der Waals surface area contributed by atoms with E-state index in [2.05, 4.69) is 0 Å². The van der Waals surface area contributed by atoms with Crippen LogP contribution < -0.4 is 0 Å². The van der Waals surface area contributed by atoms with Crippen molar-refractivity contribution in [2.45, 2.75) is 85.2 Å². The average molecular weight is 491 g/mol. The fourth-order valence-electron chi connectivity index (χ4n) is 7.43. The predicted molar refractivity (Wildman–Crippen MR) is 126 cm³/mol. The maximum Gasteiger partial charge on any atom is 0.311 e. The fraction of sp³-hybridized carbons (Fsp3) is 0.741. The summed E-state index contributed by atoms with van der Waals surface area (Å²) in [6, 6.07) is 0. The Hall–Kier alpha value is -2.03. The van der Waals surface area contributed by atoms with Gasteiger partial charge in [-0.25, -0.2) is 0 Å². The van der Waals surface area contributed by atoms with Crippen LogP contribution in [-0.2, 0) is 23.9 Å². The highest BCUT2D eigenvalue weighted by molar-refractivity contribution is 5.96. The molecule has 8 atom stereocenters. The first-order valence-electron chi connectivity index (χ1n) is 12.3. The Morgan fingerprint density at radius 3 is 2.34 bits per heavy atom. The Kier molecular flexibility index (Phi) is 5.58. The number of hydrogen-bond donors (Lipinski definition) is 3. The molecular weight excluding hydrogens is 452 g/mol. The largest absolute Gasteiger partial charge is 0.458 e. The van der Waals surface area contributed by atoms with E-state index in [1.807, 2.05) is 13.8 Å². The molecule has 194 valence electrons. The summed E-state index contributed by atoms with van der Waals surface area (Å²) in [7, 11) is 0. The number of fused-ring (bicyclic) bond motifs is 3. The second-order valence-electron chi connectivity index (χ2n) is 12.6. The van der Waals surface area contributed by atoms with Gasteiger partial charge in [0.1, 0.15) is 11.7 Å². The van der Waals surface area contributed by atoms with Crippen molar-refractivity contribution < 1.29 is 39.2 Å². The lowest BCUT2D eigenvalue weighted by atomic mass is 9.59. The van der Waals surface area contributed by atoms with Crippen LogP contribution in [0.4, 0.5) is 0 Å². The molecule has 0 aliphatic heterocycles. The van der Waals surface area contributed by atoms with Gasteiger partial charge in [0.15, 0.2) is 17.5 Å². The molecular formula is C27H38O8. The standard InChI is InChI=1S/C27H38O8/c1-13-10-25-14(2)11-26(35-15(3)29)18(24(26,7)8)17(20(25)31)9-16(12-28)19(30)27(25,33)21(13)34-22(32)23(4,5)6/h9-10,14,17-19,21,28,30,33H,11-12H2,1-8H3/t14-,17+,18-,19-,21+,25+,26+,27+/m1/s1. The van der Waals surface area contributed by atoms with Crippen LogP contribution in [0.3, 0.4) is 0 Å². The molecule has 0 aromatic heterocycles. The van der Waals surface area contributed by atoms with E-state index < -0.39 is 76.0 Å². The fourth-order valence-corrected chi connectivity index (χ4v) is 7.43.